The quantitative estimate of drug-likeness (QED) is 0.654. The standard InChI is InChI=1S/C20H22N4O2/c25-19(23-15-16-5-10-21-11-6-16)7-12-22-20(26)9-14-24-13-8-17-3-1-2-4-18(17)24/h1-6,8,10-11,13H,7,9,12,14-15H2,(H,22,26)(H,23,25). The maximum Gasteiger partial charge on any atom is 0.222 e. The first kappa shape index (κ1) is 17.7. The highest BCUT2D eigenvalue weighted by Crippen LogP contribution is 2.15. The van der Waals surface area contributed by atoms with E-state index >= 15 is 0 Å². The van der Waals surface area contributed by atoms with Gasteiger partial charge in [-0.25, -0.2) is 0 Å². The molecule has 1 aromatic carbocycles. The van der Waals surface area contributed by atoms with Gasteiger partial charge in [0.05, 0.1) is 0 Å². The van der Waals surface area contributed by atoms with Crippen LogP contribution in [0.5, 0.6) is 0 Å². The van der Waals surface area contributed by atoms with Crippen LogP contribution in [-0.4, -0.2) is 27.9 Å². The molecule has 0 unspecified atom stereocenters. The van der Waals surface area contributed by atoms with E-state index in [4.69, 9.17) is 0 Å². The van der Waals surface area contributed by atoms with Gasteiger partial charge in [-0.2, -0.15) is 0 Å². The zero-order valence-electron chi connectivity index (χ0n) is 14.5. The molecule has 0 bridgehead atoms. The minimum Gasteiger partial charge on any atom is -0.356 e. The van der Waals surface area contributed by atoms with Crippen molar-refractivity contribution in [1.82, 2.24) is 20.2 Å². The molecule has 26 heavy (non-hydrogen) atoms. The highest BCUT2D eigenvalue weighted by Gasteiger charge is 2.06. The van der Waals surface area contributed by atoms with Crippen molar-refractivity contribution in [2.45, 2.75) is 25.9 Å². The third kappa shape index (κ3) is 4.92. The van der Waals surface area contributed by atoms with Gasteiger partial charge in [-0.1, -0.05) is 18.2 Å². The Morgan fingerprint density at radius 1 is 0.923 bits per heavy atom. The zero-order valence-corrected chi connectivity index (χ0v) is 14.5. The molecule has 0 aliphatic heterocycles. The van der Waals surface area contributed by atoms with Crippen LogP contribution < -0.4 is 10.6 Å². The van der Waals surface area contributed by atoms with E-state index in [1.165, 1.54) is 5.39 Å². The molecule has 0 fully saturated rings. The Balaban J connectivity index is 1.34. The Hall–Kier alpha value is -3.15. The number of nitrogens with one attached hydrogen (secondary N) is 2. The van der Waals surface area contributed by atoms with Crippen molar-refractivity contribution in [3.05, 3.63) is 66.6 Å². The van der Waals surface area contributed by atoms with E-state index in [-0.39, 0.29) is 18.2 Å². The number of amides is 2. The summed E-state index contributed by atoms with van der Waals surface area (Å²) in [5, 5.41) is 6.79. The van der Waals surface area contributed by atoms with E-state index in [1.54, 1.807) is 12.4 Å². The second kappa shape index (κ2) is 8.80. The predicted octanol–water partition coefficient (Wildman–Crippen LogP) is 2.25. The van der Waals surface area contributed by atoms with Crippen molar-refractivity contribution < 1.29 is 9.59 Å². The molecular formula is C20H22N4O2. The molecule has 2 amide bonds. The van der Waals surface area contributed by atoms with Crippen molar-refractivity contribution in [3.8, 4) is 0 Å². The van der Waals surface area contributed by atoms with Gasteiger partial charge in [-0.15, -0.1) is 0 Å². The first-order valence-corrected chi connectivity index (χ1v) is 8.68. The fourth-order valence-electron chi connectivity index (χ4n) is 2.75. The van der Waals surface area contributed by atoms with E-state index in [9.17, 15) is 9.59 Å². The number of rotatable bonds is 8. The van der Waals surface area contributed by atoms with E-state index in [0.29, 0.717) is 26.1 Å². The van der Waals surface area contributed by atoms with Crippen LogP contribution in [0.1, 0.15) is 18.4 Å². The number of carbonyl (C=O) groups excluding carboxylic acids is 2. The Morgan fingerprint density at radius 3 is 2.54 bits per heavy atom. The normalized spacial score (nSPS) is 10.6. The summed E-state index contributed by atoms with van der Waals surface area (Å²) in [6, 6.07) is 13.8. The molecule has 0 saturated heterocycles. The number of hydrogen-bond acceptors (Lipinski definition) is 3. The van der Waals surface area contributed by atoms with Crippen LogP contribution in [0.15, 0.2) is 61.1 Å². The number of aromatic nitrogens is 2. The van der Waals surface area contributed by atoms with Gasteiger partial charge in [0.25, 0.3) is 0 Å². The molecule has 0 radical (unpaired) electrons. The van der Waals surface area contributed by atoms with E-state index < -0.39 is 0 Å². The summed E-state index contributed by atoms with van der Waals surface area (Å²) in [5.41, 5.74) is 2.12. The summed E-state index contributed by atoms with van der Waals surface area (Å²) in [7, 11) is 0. The lowest BCUT2D eigenvalue weighted by Crippen LogP contribution is -2.30. The van der Waals surface area contributed by atoms with Crippen LogP contribution in [0, 0.1) is 0 Å². The topological polar surface area (TPSA) is 76.0 Å². The fraction of sp³-hybridized carbons (Fsp3) is 0.250. The van der Waals surface area contributed by atoms with Crippen LogP contribution in [-0.2, 0) is 22.7 Å². The van der Waals surface area contributed by atoms with Crippen LogP contribution >= 0.6 is 0 Å². The van der Waals surface area contributed by atoms with Gasteiger partial charge in [0.15, 0.2) is 0 Å². The number of carbonyl (C=O) groups is 2. The van der Waals surface area contributed by atoms with Gasteiger partial charge < -0.3 is 15.2 Å². The molecule has 2 aromatic heterocycles. The largest absolute Gasteiger partial charge is 0.356 e. The van der Waals surface area contributed by atoms with Crippen molar-refractivity contribution in [2.75, 3.05) is 6.54 Å². The third-order valence-corrected chi connectivity index (χ3v) is 4.17. The minimum atomic E-state index is -0.0847. The fourth-order valence-corrected chi connectivity index (χ4v) is 2.75. The zero-order chi connectivity index (χ0) is 18.2. The third-order valence-electron chi connectivity index (χ3n) is 4.17. The van der Waals surface area contributed by atoms with Gasteiger partial charge in [-0.3, -0.25) is 14.6 Å². The second-order valence-electron chi connectivity index (χ2n) is 6.05. The summed E-state index contributed by atoms with van der Waals surface area (Å²) in [4.78, 5) is 27.7. The van der Waals surface area contributed by atoms with Crippen molar-refractivity contribution in [1.29, 1.82) is 0 Å². The SMILES string of the molecule is O=C(CCn1ccc2ccccc21)NCCC(=O)NCc1ccncc1. The van der Waals surface area contributed by atoms with Gasteiger partial charge in [0.2, 0.25) is 11.8 Å². The molecule has 2 N–H and O–H groups in total. The smallest absolute Gasteiger partial charge is 0.222 e. The average Bonchev–Trinajstić information content (AvgIpc) is 3.09. The van der Waals surface area contributed by atoms with E-state index in [0.717, 1.165) is 11.1 Å². The Morgan fingerprint density at radius 2 is 1.69 bits per heavy atom. The monoisotopic (exact) mass is 350 g/mol. The number of fused-ring (bicyclic) bond motifs is 1. The molecule has 0 aliphatic rings. The number of aryl methyl sites for hydroxylation is 1. The molecule has 6 nitrogen and oxygen atoms in total. The number of benzene rings is 1. The van der Waals surface area contributed by atoms with E-state index in [1.807, 2.05) is 42.6 Å². The Kier molecular flexibility index (Phi) is 5.98. The number of para-hydroxylation sites is 1. The van der Waals surface area contributed by atoms with Gasteiger partial charge >= 0.3 is 0 Å². The average molecular weight is 350 g/mol. The lowest BCUT2D eigenvalue weighted by atomic mass is 10.2. The summed E-state index contributed by atoms with van der Waals surface area (Å²) >= 11 is 0. The maximum absolute atomic E-state index is 12.0. The van der Waals surface area contributed by atoms with Crippen molar-refractivity contribution >= 4 is 22.7 Å². The van der Waals surface area contributed by atoms with Crippen molar-refractivity contribution in [2.24, 2.45) is 0 Å². The number of pyridine rings is 1. The molecule has 0 aliphatic carbocycles. The molecule has 0 spiro atoms. The van der Waals surface area contributed by atoms with Gasteiger partial charge in [-0.05, 0) is 35.2 Å². The molecular weight excluding hydrogens is 328 g/mol. The van der Waals surface area contributed by atoms with Crippen LogP contribution in [0.25, 0.3) is 10.9 Å². The van der Waals surface area contributed by atoms with Gasteiger partial charge in [0, 0.05) is 56.6 Å². The second-order valence-corrected chi connectivity index (χ2v) is 6.05. The summed E-state index contributed by atoms with van der Waals surface area (Å²) < 4.78 is 2.07. The lowest BCUT2D eigenvalue weighted by molar-refractivity contribution is -0.122. The number of hydrogen-bond donors (Lipinski definition) is 2. The highest BCUT2D eigenvalue weighted by molar-refractivity contribution is 5.81. The van der Waals surface area contributed by atoms with Crippen LogP contribution in [0.2, 0.25) is 0 Å². The first-order chi connectivity index (χ1) is 12.7. The molecule has 3 rings (SSSR count). The summed E-state index contributed by atoms with van der Waals surface area (Å²) in [6.45, 7) is 1.43. The number of nitrogens with zero attached hydrogens (tertiary/aromatic N) is 2. The Labute approximate surface area is 152 Å². The minimum absolute atomic E-state index is 0.0512. The maximum atomic E-state index is 12.0. The molecule has 0 saturated carbocycles. The molecule has 0 atom stereocenters. The highest BCUT2D eigenvalue weighted by atomic mass is 16.2. The molecule has 3 aromatic rings. The predicted molar refractivity (Wildman–Crippen MR) is 100 cm³/mol. The summed E-state index contributed by atoms with van der Waals surface area (Å²) in [6.07, 6.45) is 6.02. The molecule has 6 heteroatoms. The Bertz CT molecular complexity index is 874. The summed E-state index contributed by atoms with van der Waals surface area (Å²) in [5.74, 6) is -0.136. The van der Waals surface area contributed by atoms with Crippen LogP contribution in [0.3, 0.4) is 0 Å². The molecule has 2 heterocycles. The van der Waals surface area contributed by atoms with E-state index in [2.05, 4.69) is 26.3 Å². The van der Waals surface area contributed by atoms with Crippen LogP contribution in [0.4, 0.5) is 0 Å². The lowest BCUT2D eigenvalue weighted by Gasteiger charge is -2.08. The molecule has 134 valence electrons. The first-order valence-electron chi connectivity index (χ1n) is 8.68. The van der Waals surface area contributed by atoms with Crippen molar-refractivity contribution in [3.63, 3.8) is 0 Å². The van der Waals surface area contributed by atoms with Gasteiger partial charge in [0.1, 0.15) is 0 Å².